The molecular formula is C21H17F3N4O2. The minimum atomic E-state index is -4.44. The first-order valence-corrected chi connectivity index (χ1v) is 9.53. The van der Waals surface area contributed by atoms with E-state index in [0.717, 1.165) is 30.6 Å². The zero-order valence-corrected chi connectivity index (χ0v) is 15.7. The quantitative estimate of drug-likeness (QED) is 0.709. The molecular weight excluding hydrogens is 397 g/mol. The molecule has 2 fully saturated rings. The Bertz CT molecular complexity index is 1120. The molecule has 2 atom stereocenters. The third-order valence-corrected chi connectivity index (χ3v) is 5.48. The Morgan fingerprint density at radius 3 is 2.70 bits per heavy atom. The average Bonchev–Trinajstić information content (AvgIpc) is 3.36. The molecule has 6 nitrogen and oxygen atoms in total. The van der Waals surface area contributed by atoms with E-state index < -0.39 is 11.7 Å². The van der Waals surface area contributed by atoms with Crippen LogP contribution in [0.15, 0.2) is 48.7 Å². The zero-order chi connectivity index (χ0) is 20.9. The topological polar surface area (TPSA) is 67.3 Å². The van der Waals surface area contributed by atoms with Crippen molar-refractivity contribution in [3.63, 3.8) is 0 Å². The van der Waals surface area contributed by atoms with E-state index in [0.29, 0.717) is 29.5 Å². The predicted octanol–water partition coefficient (Wildman–Crippen LogP) is 3.63. The molecule has 0 spiro atoms. The fourth-order valence-electron chi connectivity index (χ4n) is 3.97. The van der Waals surface area contributed by atoms with Crippen molar-refractivity contribution < 1.29 is 22.7 Å². The third-order valence-electron chi connectivity index (χ3n) is 5.48. The number of nitrogens with zero attached hydrogens (tertiary/aromatic N) is 3. The summed E-state index contributed by atoms with van der Waals surface area (Å²) in [6, 6.07) is 11.2. The highest BCUT2D eigenvalue weighted by Gasteiger charge is 2.40. The van der Waals surface area contributed by atoms with Crippen LogP contribution in [0.5, 0.6) is 11.6 Å². The van der Waals surface area contributed by atoms with Crippen LogP contribution in [0, 0.1) is 0 Å². The van der Waals surface area contributed by atoms with Gasteiger partial charge >= 0.3 is 6.18 Å². The van der Waals surface area contributed by atoms with Crippen LogP contribution in [-0.2, 0) is 6.18 Å². The number of nitrogens with one attached hydrogen (secondary N) is 1. The second-order valence-corrected chi connectivity index (χ2v) is 7.49. The lowest BCUT2D eigenvalue weighted by atomic mass is 10.1. The van der Waals surface area contributed by atoms with Crippen molar-refractivity contribution in [3.05, 3.63) is 59.9 Å². The first-order valence-electron chi connectivity index (χ1n) is 9.53. The fraction of sp³-hybridized carbons (Fsp3) is 0.286. The first-order chi connectivity index (χ1) is 14.4. The Morgan fingerprint density at radius 1 is 1.17 bits per heavy atom. The number of carbonyl (C=O) groups is 1. The van der Waals surface area contributed by atoms with Gasteiger partial charge in [-0.1, -0.05) is 6.07 Å². The van der Waals surface area contributed by atoms with E-state index in [1.54, 1.807) is 30.3 Å². The molecule has 1 amide bonds. The van der Waals surface area contributed by atoms with Crippen molar-refractivity contribution >= 4 is 16.8 Å². The molecule has 5 rings (SSSR count). The number of hydrogen-bond acceptors (Lipinski definition) is 5. The summed E-state index contributed by atoms with van der Waals surface area (Å²) in [5, 5.41) is 4.12. The van der Waals surface area contributed by atoms with E-state index in [4.69, 9.17) is 4.74 Å². The molecule has 2 aliphatic heterocycles. The summed E-state index contributed by atoms with van der Waals surface area (Å²) in [5.74, 6) is 0.401. The van der Waals surface area contributed by atoms with Crippen LogP contribution in [0.4, 0.5) is 13.2 Å². The Kier molecular flexibility index (Phi) is 4.35. The van der Waals surface area contributed by atoms with E-state index in [9.17, 15) is 18.0 Å². The van der Waals surface area contributed by atoms with Gasteiger partial charge in [0, 0.05) is 42.8 Å². The van der Waals surface area contributed by atoms with Crippen molar-refractivity contribution in [1.82, 2.24) is 20.2 Å². The molecule has 4 heterocycles. The van der Waals surface area contributed by atoms with Gasteiger partial charge in [0.05, 0.1) is 11.1 Å². The van der Waals surface area contributed by atoms with Gasteiger partial charge in [-0.2, -0.15) is 13.2 Å². The van der Waals surface area contributed by atoms with E-state index >= 15 is 0 Å². The highest BCUT2D eigenvalue weighted by atomic mass is 19.4. The summed E-state index contributed by atoms with van der Waals surface area (Å²) < 4.78 is 43.5. The van der Waals surface area contributed by atoms with Gasteiger partial charge in [0.2, 0.25) is 5.88 Å². The van der Waals surface area contributed by atoms with E-state index in [1.165, 1.54) is 6.07 Å². The Hall–Kier alpha value is -3.20. The second-order valence-electron chi connectivity index (χ2n) is 7.49. The number of likely N-dealkylation sites (tertiary alicyclic amines) is 1. The van der Waals surface area contributed by atoms with Gasteiger partial charge < -0.3 is 15.0 Å². The first kappa shape index (κ1) is 18.8. The smallest absolute Gasteiger partial charge is 0.417 e. The lowest BCUT2D eigenvalue weighted by Gasteiger charge is -2.27. The van der Waals surface area contributed by atoms with Crippen molar-refractivity contribution in [1.29, 1.82) is 0 Å². The van der Waals surface area contributed by atoms with Gasteiger partial charge in [-0.3, -0.25) is 4.79 Å². The van der Waals surface area contributed by atoms with Crippen LogP contribution < -0.4 is 10.1 Å². The third kappa shape index (κ3) is 3.45. The summed E-state index contributed by atoms with van der Waals surface area (Å²) in [4.78, 5) is 22.9. The standard InChI is InChI=1S/C21H17F3N4O2/c22-21(23,24)13-2-6-19(26-9-13)30-16-3-5-17-12(7-16)1-4-18(27-17)20(29)28-11-14-8-15(28)10-25-14/h1-7,9,14-15,25H,8,10-11H2/t14-,15-/m1/s1. The number of pyridine rings is 2. The number of hydrogen-bond donors (Lipinski definition) is 1. The summed E-state index contributed by atoms with van der Waals surface area (Å²) in [5.41, 5.74) is 0.195. The molecule has 2 aromatic heterocycles. The number of halogens is 3. The highest BCUT2D eigenvalue weighted by Crippen LogP contribution is 2.31. The molecule has 30 heavy (non-hydrogen) atoms. The highest BCUT2D eigenvalue weighted by molar-refractivity contribution is 5.95. The molecule has 1 N–H and O–H groups in total. The van der Waals surface area contributed by atoms with E-state index in [1.807, 2.05) is 4.90 Å². The monoisotopic (exact) mass is 414 g/mol. The summed E-state index contributed by atoms with van der Waals surface area (Å²) in [6.07, 6.45) is -2.73. The van der Waals surface area contributed by atoms with Crippen molar-refractivity contribution in [2.45, 2.75) is 24.7 Å². The van der Waals surface area contributed by atoms with Crippen molar-refractivity contribution in [2.24, 2.45) is 0 Å². The number of benzene rings is 1. The Labute approximate surface area is 169 Å². The van der Waals surface area contributed by atoms with E-state index in [2.05, 4.69) is 15.3 Å². The molecule has 1 aromatic carbocycles. The van der Waals surface area contributed by atoms with Crippen molar-refractivity contribution in [2.75, 3.05) is 13.1 Å². The number of ether oxygens (including phenoxy) is 1. The van der Waals surface area contributed by atoms with Crippen LogP contribution in [-0.4, -0.2) is 45.9 Å². The molecule has 154 valence electrons. The summed E-state index contributed by atoms with van der Waals surface area (Å²) in [7, 11) is 0. The van der Waals surface area contributed by atoms with Gasteiger partial charge in [0.15, 0.2) is 0 Å². The van der Waals surface area contributed by atoms with E-state index in [-0.39, 0.29) is 17.8 Å². The maximum absolute atomic E-state index is 12.8. The van der Waals surface area contributed by atoms with Crippen LogP contribution in [0.3, 0.4) is 0 Å². The zero-order valence-electron chi connectivity index (χ0n) is 15.7. The number of piperazine rings is 1. The lowest BCUT2D eigenvalue weighted by Crippen LogP contribution is -2.46. The van der Waals surface area contributed by atoms with Crippen molar-refractivity contribution in [3.8, 4) is 11.6 Å². The molecule has 9 heteroatoms. The second kappa shape index (κ2) is 6.94. The summed E-state index contributed by atoms with van der Waals surface area (Å²) >= 11 is 0. The molecule has 2 saturated heterocycles. The maximum atomic E-state index is 12.8. The molecule has 3 aromatic rings. The molecule has 0 radical (unpaired) electrons. The van der Waals surface area contributed by atoms with Gasteiger partial charge in [-0.15, -0.1) is 0 Å². The van der Waals surface area contributed by atoms with Gasteiger partial charge in [-0.05, 0) is 36.8 Å². The van der Waals surface area contributed by atoms with Gasteiger partial charge in [0.1, 0.15) is 11.4 Å². The average molecular weight is 414 g/mol. The molecule has 0 aliphatic carbocycles. The van der Waals surface area contributed by atoms with Crippen LogP contribution in [0.1, 0.15) is 22.5 Å². The number of aromatic nitrogens is 2. The fourth-order valence-corrected chi connectivity index (χ4v) is 3.97. The molecule has 2 bridgehead atoms. The number of rotatable bonds is 3. The number of fused-ring (bicyclic) bond motifs is 3. The largest absolute Gasteiger partial charge is 0.439 e. The van der Waals surface area contributed by atoms with Crippen LogP contribution in [0.2, 0.25) is 0 Å². The lowest BCUT2D eigenvalue weighted by molar-refractivity contribution is -0.137. The number of carbonyl (C=O) groups excluding carboxylic acids is 1. The van der Waals surface area contributed by atoms with Gasteiger partial charge in [-0.25, -0.2) is 9.97 Å². The predicted molar refractivity (Wildman–Crippen MR) is 102 cm³/mol. The SMILES string of the molecule is O=C(c1ccc2cc(Oc3ccc(C(F)(F)F)cn3)ccc2n1)N1C[C@H]2C[C@@H]1CN2. The Morgan fingerprint density at radius 2 is 2.03 bits per heavy atom. The minimum Gasteiger partial charge on any atom is -0.439 e. The summed E-state index contributed by atoms with van der Waals surface area (Å²) in [6.45, 7) is 1.53. The molecule has 0 unspecified atom stereocenters. The Balaban J connectivity index is 1.34. The van der Waals surface area contributed by atoms with Crippen LogP contribution in [0.25, 0.3) is 10.9 Å². The van der Waals surface area contributed by atoms with Crippen LogP contribution >= 0.6 is 0 Å². The van der Waals surface area contributed by atoms with Gasteiger partial charge in [0.25, 0.3) is 5.91 Å². The molecule has 0 saturated carbocycles. The maximum Gasteiger partial charge on any atom is 0.417 e. The number of alkyl halides is 3. The molecule has 2 aliphatic rings. The number of amides is 1. The minimum absolute atomic E-state index is 0.0554. The normalized spacial score (nSPS) is 20.7.